The van der Waals surface area contributed by atoms with Gasteiger partial charge in [0, 0.05) is 10.5 Å². The Morgan fingerprint density at radius 1 is 1.59 bits per heavy atom. The maximum absolute atomic E-state index is 11.4. The van der Waals surface area contributed by atoms with Gasteiger partial charge in [-0.2, -0.15) is 0 Å². The number of ether oxygens (including phenoxy) is 1. The molecular weight excluding hydrogens is 282 g/mol. The summed E-state index contributed by atoms with van der Waals surface area (Å²) in [5, 5.41) is 3.32. The Labute approximate surface area is 110 Å². The molecule has 0 aromatic heterocycles. The lowest BCUT2D eigenvalue weighted by Crippen LogP contribution is -2.36. The molecular formula is C13H16BrNO2. The van der Waals surface area contributed by atoms with Crippen LogP contribution < -0.4 is 5.32 Å². The third-order valence-corrected chi connectivity index (χ3v) is 3.68. The van der Waals surface area contributed by atoms with Crippen molar-refractivity contribution in [3.8, 4) is 0 Å². The second-order valence-corrected chi connectivity index (χ2v) is 5.26. The molecule has 3 nitrogen and oxygen atoms in total. The number of methoxy groups -OCH3 is 1. The first-order chi connectivity index (χ1) is 8.11. The van der Waals surface area contributed by atoms with Crippen LogP contribution in [0.15, 0.2) is 22.7 Å². The van der Waals surface area contributed by atoms with Crippen LogP contribution in [-0.4, -0.2) is 19.1 Å². The molecule has 0 saturated heterocycles. The first-order valence-electron chi connectivity index (χ1n) is 5.74. The first kappa shape index (κ1) is 12.6. The summed E-state index contributed by atoms with van der Waals surface area (Å²) in [5.74, 6) is -0.212. The highest BCUT2D eigenvalue weighted by Gasteiger charge is 2.25. The molecule has 1 aliphatic rings. The van der Waals surface area contributed by atoms with Gasteiger partial charge in [-0.15, -0.1) is 0 Å². The number of benzene rings is 1. The lowest BCUT2D eigenvalue weighted by molar-refractivity contribution is -0.142. The molecule has 17 heavy (non-hydrogen) atoms. The summed E-state index contributed by atoms with van der Waals surface area (Å²) >= 11 is 3.48. The van der Waals surface area contributed by atoms with Crippen LogP contribution in [0.2, 0.25) is 0 Å². The molecule has 2 rings (SSSR count). The fraction of sp³-hybridized carbons (Fsp3) is 0.462. The second kappa shape index (κ2) is 5.19. The van der Waals surface area contributed by atoms with Gasteiger partial charge < -0.3 is 4.74 Å². The molecule has 1 aliphatic carbocycles. The van der Waals surface area contributed by atoms with Crippen LogP contribution in [0.3, 0.4) is 0 Å². The molecule has 0 amide bonds. The van der Waals surface area contributed by atoms with E-state index in [1.807, 2.05) is 13.0 Å². The Hall–Kier alpha value is -0.870. The van der Waals surface area contributed by atoms with Gasteiger partial charge in [-0.05, 0) is 43.0 Å². The molecule has 0 radical (unpaired) electrons. The number of carbonyl (C=O) groups excluding carboxylic acids is 1. The molecule has 0 bridgehead atoms. The van der Waals surface area contributed by atoms with Gasteiger partial charge in [0.15, 0.2) is 0 Å². The molecule has 1 aromatic carbocycles. The minimum Gasteiger partial charge on any atom is -0.468 e. The highest BCUT2D eigenvalue weighted by molar-refractivity contribution is 9.10. The molecule has 1 N–H and O–H groups in total. The average Bonchev–Trinajstić information content (AvgIpc) is 2.70. The van der Waals surface area contributed by atoms with Crippen LogP contribution in [0.1, 0.15) is 30.5 Å². The Balaban J connectivity index is 2.09. The van der Waals surface area contributed by atoms with Crippen molar-refractivity contribution in [1.82, 2.24) is 5.32 Å². The third kappa shape index (κ3) is 2.69. The van der Waals surface area contributed by atoms with Crippen molar-refractivity contribution < 1.29 is 9.53 Å². The van der Waals surface area contributed by atoms with Gasteiger partial charge in [0.05, 0.1) is 7.11 Å². The van der Waals surface area contributed by atoms with Gasteiger partial charge in [0.2, 0.25) is 0 Å². The monoisotopic (exact) mass is 297 g/mol. The van der Waals surface area contributed by atoms with E-state index in [1.54, 1.807) is 0 Å². The molecule has 92 valence electrons. The summed E-state index contributed by atoms with van der Waals surface area (Å²) in [4.78, 5) is 11.4. The molecule has 0 aliphatic heterocycles. The van der Waals surface area contributed by atoms with E-state index in [1.165, 1.54) is 18.2 Å². The van der Waals surface area contributed by atoms with E-state index < -0.39 is 0 Å². The lowest BCUT2D eigenvalue weighted by atomic mass is 10.1. The largest absolute Gasteiger partial charge is 0.468 e. The predicted octanol–water partition coefficient (Wildman–Crippen LogP) is 2.59. The van der Waals surface area contributed by atoms with E-state index in [0.717, 1.165) is 17.3 Å². The summed E-state index contributed by atoms with van der Waals surface area (Å²) in [6.45, 7) is 1.84. The fourth-order valence-corrected chi connectivity index (χ4v) is 2.71. The van der Waals surface area contributed by atoms with E-state index in [0.29, 0.717) is 0 Å². The summed E-state index contributed by atoms with van der Waals surface area (Å²) in [5.41, 5.74) is 2.65. The average molecular weight is 298 g/mol. The molecule has 0 spiro atoms. The summed E-state index contributed by atoms with van der Waals surface area (Å²) in [6.07, 6.45) is 2.09. The molecule has 2 atom stereocenters. The van der Waals surface area contributed by atoms with Crippen molar-refractivity contribution >= 4 is 21.9 Å². The van der Waals surface area contributed by atoms with Gasteiger partial charge in [-0.25, -0.2) is 0 Å². The number of carbonyl (C=O) groups is 1. The third-order valence-electron chi connectivity index (χ3n) is 3.19. The molecule has 0 heterocycles. The maximum Gasteiger partial charge on any atom is 0.322 e. The quantitative estimate of drug-likeness (QED) is 0.872. The number of aryl methyl sites for hydroxylation is 1. The standard InChI is InChI=1S/C13H16BrNO2/c1-8(13(16)17-2)15-12-6-3-9-7-10(14)4-5-11(9)12/h4-5,7-8,12,15H,3,6H2,1-2H3/t8-,12?/m0/s1. The smallest absolute Gasteiger partial charge is 0.322 e. The Kier molecular flexibility index (Phi) is 3.84. The zero-order valence-electron chi connectivity index (χ0n) is 10.00. The number of esters is 1. The Morgan fingerprint density at radius 2 is 2.35 bits per heavy atom. The van der Waals surface area contributed by atoms with E-state index in [2.05, 4.69) is 33.4 Å². The summed E-state index contributed by atoms with van der Waals surface area (Å²) < 4.78 is 5.83. The number of rotatable bonds is 3. The van der Waals surface area contributed by atoms with E-state index in [4.69, 9.17) is 4.74 Å². The van der Waals surface area contributed by atoms with Crippen LogP contribution in [0, 0.1) is 0 Å². The van der Waals surface area contributed by atoms with Gasteiger partial charge in [-0.3, -0.25) is 10.1 Å². The van der Waals surface area contributed by atoms with Crippen molar-refractivity contribution in [3.63, 3.8) is 0 Å². The molecule has 4 heteroatoms. The van der Waals surface area contributed by atoms with Crippen molar-refractivity contribution in [3.05, 3.63) is 33.8 Å². The van der Waals surface area contributed by atoms with Crippen molar-refractivity contribution in [2.75, 3.05) is 7.11 Å². The highest BCUT2D eigenvalue weighted by atomic mass is 79.9. The summed E-state index contributed by atoms with van der Waals surface area (Å²) in [6, 6.07) is 6.31. The normalized spacial score (nSPS) is 19.8. The van der Waals surface area contributed by atoms with E-state index >= 15 is 0 Å². The topological polar surface area (TPSA) is 38.3 Å². The van der Waals surface area contributed by atoms with Crippen molar-refractivity contribution in [2.45, 2.75) is 31.8 Å². The van der Waals surface area contributed by atoms with Crippen LogP contribution >= 0.6 is 15.9 Å². The highest BCUT2D eigenvalue weighted by Crippen LogP contribution is 2.33. The zero-order valence-corrected chi connectivity index (χ0v) is 11.6. The molecule has 1 aromatic rings. The Bertz CT molecular complexity index is 433. The molecule has 0 fully saturated rings. The number of nitrogens with one attached hydrogen (secondary N) is 1. The zero-order chi connectivity index (χ0) is 12.4. The van der Waals surface area contributed by atoms with Gasteiger partial charge in [0.1, 0.15) is 6.04 Å². The van der Waals surface area contributed by atoms with Crippen LogP contribution in [0.5, 0.6) is 0 Å². The number of halogens is 1. The van der Waals surface area contributed by atoms with Crippen LogP contribution in [0.4, 0.5) is 0 Å². The number of hydrogen-bond donors (Lipinski definition) is 1. The fourth-order valence-electron chi connectivity index (χ4n) is 2.31. The minimum atomic E-state index is -0.264. The van der Waals surface area contributed by atoms with E-state index in [9.17, 15) is 4.79 Å². The predicted molar refractivity (Wildman–Crippen MR) is 69.8 cm³/mol. The van der Waals surface area contributed by atoms with Crippen LogP contribution in [0.25, 0.3) is 0 Å². The second-order valence-electron chi connectivity index (χ2n) is 4.35. The van der Waals surface area contributed by atoms with Crippen molar-refractivity contribution in [1.29, 1.82) is 0 Å². The summed E-state index contributed by atoms with van der Waals surface area (Å²) in [7, 11) is 1.42. The SMILES string of the molecule is COC(=O)[C@H](C)NC1CCc2cc(Br)ccc21. The van der Waals surface area contributed by atoms with E-state index in [-0.39, 0.29) is 18.1 Å². The van der Waals surface area contributed by atoms with Gasteiger partial charge in [-0.1, -0.05) is 22.0 Å². The number of fused-ring (bicyclic) bond motifs is 1. The maximum atomic E-state index is 11.4. The van der Waals surface area contributed by atoms with Gasteiger partial charge >= 0.3 is 5.97 Å². The van der Waals surface area contributed by atoms with Crippen molar-refractivity contribution in [2.24, 2.45) is 0 Å². The molecule has 0 saturated carbocycles. The minimum absolute atomic E-state index is 0.212. The Morgan fingerprint density at radius 3 is 3.06 bits per heavy atom. The van der Waals surface area contributed by atoms with Crippen LogP contribution in [-0.2, 0) is 16.0 Å². The first-order valence-corrected chi connectivity index (χ1v) is 6.53. The van der Waals surface area contributed by atoms with Gasteiger partial charge in [0.25, 0.3) is 0 Å². The molecule has 1 unspecified atom stereocenters. The number of hydrogen-bond acceptors (Lipinski definition) is 3. The lowest BCUT2D eigenvalue weighted by Gasteiger charge is -2.18.